The summed E-state index contributed by atoms with van der Waals surface area (Å²) in [7, 11) is -2.12. The Bertz CT molecular complexity index is 469. The van der Waals surface area contributed by atoms with Gasteiger partial charge in [-0.1, -0.05) is 0 Å². The lowest BCUT2D eigenvalue weighted by molar-refractivity contribution is -0.0119. The molecule has 1 aromatic rings. The molecular weight excluding hydrogens is 330 g/mol. The number of thiophene rings is 1. The molecule has 1 rings (SSSR count). The second-order valence-electron chi connectivity index (χ2n) is 3.81. The van der Waals surface area contributed by atoms with Crippen LogP contribution in [0.4, 0.5) is 0 Å². The van der Waals surface area contributed by atoms with Crippen molar-refractivity contribution in [3.05, 3.63) is 15.9 Å². The fourth-order valence-corrected chi connectivity index (χ4v) is 4.34. The molecule has 1 atom stereocenters. The van der Waals surface area contributed by atoms with Crippen molar-refractivity contribution in [2.75, 3.05) is 20.3 Å². The lowest BCUT2D eigenvalue weighted by atomic mass is 10.1. The summed E-state index contributed by atoms with van der Waals surface area (Å²) in [6, 6.07) is 3.16. The molecule has 0 spiro atoms. The number of hydrogen-bond donors (Lipinski definition) is 2. The highest BCUT2D eigenvalue weighted by molar-refractivity contribution is 9.11. The van der Waals surface area contributed by atoms with Gasteiger partial charge in [-0.2, -0.15) is 0 Å². The Morgan fingerprint density at radius 1 is 1.59 bits per heavy atom. The highest BCUT2D eigenvalue weighted by Gasteiger charge is 2.24. The third-order valence-corrected chi connectivity index (χ3v) is 5.43. The van der Waals surface area contributed by atoms with Gasteiger partial charge in [0.1, 0.15) is 4.21 Å². The van der Waals surface area contributed by atoms with Crippen LogP contribution in [0.5, 0.6) is 0 Å². The van der Waals surface area contributed by atoms with E-state index in [0.29, 0.717) is 0 Å². The molecule has 5 nitrogen and oxygen atoms in total. The lowest BCUT2D eigenvalue weighted by Gasteiger charge is -2.22. The van der Waals surface area contributed by atoms with E-state index < -0.39 is 15.6 Å². The van der Waals surface area contributed by atoms with Gasteiger partial charge in [-0.15, -0.1) is 11.3 Å². The minimum absolute atomic E-state index is 0.0592. The molecule has 98 valence electrons. The van der Waals surface area contributed by atoms with Gasteiger partial charge in [0.2, 0.25) is 10.0 Å². The van der Waals surface area contributed by atoms with E-state index in [2.05, 4.69) is 20.7 Å². The van der Waals surface area contributed by atoms with E-state index >= 15 is 0 Å². The minimum atomic E-state index is -3.57. The van der Waals surface area contributed by atoms with Gasteiger partial charge in [-0.25, -0.2) is 13.1 Å². The smallest absolute Gasteiger partial charge is 0.250 e. The number of sulfonamides is 1. The van der Waals surface area contributed by atoms with Gasteiger partial charge < -0.3 is 9.84 Å². The second kappa shape index (κ2) is 5.77. The van der Waals surface area contributed by atoms with Crippen LogP contribution in [0, 0.1) is 0 Å². The Morgan fingerprint density at radius 3 is 2.71 bits per heavy atom. The van der Waals surface area contributed by atoms with Crippen molar-refractivity contribution in [1.29, 1.82) is 0 Å². The number of halogens is 1. The first-order chi connectivity index (χ1) is 7.77. The van der Waals surface area contributed by atoms with Gasteiger partial charge >= 0.3 is 0 Å². The van der Waals surface area contributed by atoms with Gasteiger partial charge in [0.25, 0.3) is 0 Å². The maximum Gasteiger partial charge on any atom is 0.250 e. The molecule has 0 aliphatic carbocycles. The largest absolute Gasteiger partial charge is 0.386 e. The van der Waals surface area contributed by atoms with Crippen molar-refractivity contribution in [3.8, 4) is 0 Å². The summed E-state index contributed by atoms with van der Waals surface area (Å²) in [6.45, 7) is 1.46. The summed E-state index contributed by atoms with van der Waals surface area (Å²) < 4.78 is 31.7. The summed E-state index contributed by atoms with van der Waals surface area (Å²) in [6.07, 6.45) is 0. The molecule has 0 aliphatic rings. The third kappa shape index (κ3) is 4.65. The van der Waals surface area contributed by atoms with Crippen LogP contribution < -0.4 is 4.72 Å². The van der Waals surface area contributed by atoms with E-state index in [9.17, 15) is 13.5 Å². The van der Waals surface area contributed by atoms with Gasteiger partial charge in [0.05, 0.1) is 16.0 Å². The minimum Gasteiger partial charge on any atom is -0.386 e. The predicted molar refractivity (Wildman–Crippen MR) is 69.7 cm³/mol. The molecule has 0 fully saturated rings. The fraction of sp³-hybridized carbons (Fsp3) is 0.556. The molecule has 0 saturated carbocycles. The highest BCUT2D eigenvalue weighted by atomic mass is 79.9. The fourth-order valence-electron chi connectivity index (χ4n) is 1.13. The topological polar surface area (TPSA) is 75.6 Å². The van der Waals surface area contributed by atoms with Gasteiger partial charge in [0, 0.05) is 13.7 Å². The first kappa shape index (κ1) is 15.1. The van der Waals surface area contributed by atoms with E-state index in [4.69, 9.17) is 4.74 Å². The molecule has 0 aliphatic heterocycles. The SMILES string of the molecule is COCC(C)(O)CNS(=O)(=O)c1ccc(Br)s1. The maximum atomic E-state index is 11.8. The normalized spacial score (nSPS) is 15.8. The monoisotopic (exact) mass is 343 g/mol. The van der Waals surface area contributed by atoms with Gasteiger partial charge in [0.15, 0.2) is 0 Å². The Balaban J connectivity index is 2.69. The quantitative estimate of drug-likeness (QED) is 0.813. The van der Waals surface area contributed by atoms with Gasteiger partial charge in [-0.3, -0.25) is 0 Å². The molecule has 1 aromatic heterocycles. The van der Waals surface area contributed by atoms with Crippen molar-refractivity contribution in [1.82, 2.24) is 4.72 Å². The zero-order chi connectivity index (χ0) is 13.1. The second-order valence-corrected chi connectivity index (χ2v) is 8.27. The van der Waals surface area contributed by atoms with E-state index in [1.54, 1.807) is 6.07 Å². The summed E-state index contributed by atoms with van der Waals surface area (Å²) in [4.78, 5) is 0. The van der Waals surface area contributed by atoms with E-state index in [1.165, 1.54) is 20.1 Å². The molecule has 2 N–H and O–H groups in total. The molecule has 1 unspecified atom stereocenters. The van der Waals surface area contributed by atoms with Crippen molar-refractivity contribution < 1.29 is 18.3 Å². The Kier molecular flexibility index (Phi) is 5.11. The average molecular weight is 344 g/mol. The van der Waals surface area contributed by atoms with Crippen LogP contribution in [-0.4, -0.2) is 39.4 Å². The Morgan fingerprint density at radius 2 is 2.24 bits per heavy atom. The molecule has 1 heterocycles. The molecule has 0 amide bonds. The maximum absolute atomic E-state index is 11.8. The summed E-state index contributed by atoms with van der Waals surface area (Å²) in [5.41, 5.74) is -1.23. The number of aliphatic hydroxyl groups is 1. The van der Waals surface area contributed by atoms with E-state index in [1.807, 2.05) is 0 Å². The molecule has 8 heteroatoms. The summed E-state index contributed by atoms with van der Waals surface area (Å²) >= 11 is 4.31. The van der Waals surface area contributed by atoms with Crippen LogP contribution in [0.1, 0.15) is 6.92 Å². The molecule has 0 aromatic carbocycles. The van der Waals surface area contributed by atoms with Crippen LogP contribution in [0.15, 0.2) is 20.1 Å². The number of ether oxygens (including phenoxy) is 1. The third-order valence-electron chi connectivity index (χ3n) is 1.91. The average Bonchev–Trinajstić information content (AvgIpc) is 2.63. The number of methoxy groups -OCH3 is 1. The number of rotatable bonds is 6. The predicted octanol–water partition coefficient (Wildman–Crippen LogP) is 1.19. The first-order valence-electron chi connectivity index (χ1n) is 4.73. The van der Waals surface area contributed by atoms with Crippen molar-refractivity contribution in [3.63, 3.8) is 0 Å². The van der Waals surface area contributed by atoms with Crippen LogP contribution in [0.2, 0.25) is 0 Å². The molecule has 0 bridgehead atoms. The summed E-state index contributed by atoms with van der Waals surface area (Å²) in [5, 5.41) is 9.77. The standard InChI is InChI=1S/C9H14BrNO4S2/c1-9(12,6-15-2)5-11-17(13,14)8-4-3-7(10)16-8/h3-4,11-12H,5-6H2,1-2H3. The molecular formula is C9H14BrNO4S2. The van der Waals surface area contributed by atoms with Crippen LogP contribution in [0.25, 0.3) is 0 Å². The van der Waals surface area contributed by atoms with Crippen molar-refractivity contribution >= 4 is 37.3 Å². The Labute approximate surface area is 113 Å². The Hall–Kier alpha value is 0.01000. The highest BCUT2D eigenvalue weighted by Crippen LogP contribution is 2.25. The molecule has 0 saturated heterocycles. The van der Waals surface area contributed by atoms with Crippen LogP contribution in [0.3, 0.4) is 0 Å². The summed E-state index contributed by atoms with van der Waals surface area (Å²) in [5.74, 6) is 0. The number of hydrogen-bond acceptors (Lipinski definition) is 5. The first-order valence-corrected chi connectivity index (χ1v) is 7.82. The van der Waals surface area contributed by atoms with Crippen molar-refractivity contribution in [2.45, 2.75) is 16.7 Å². The lowest BCUT2D eigenvalue weighted by Crippen LogP contribution is -2.43. The zero-order valence-electron chi connectivity index (χ0n) is 9.44. The van der Waals surface area contributed by atoms with E-state index in [-0.39, 0.29) is 17.4 Å². The van der Waals surface area contributed by atoms with Crippen LogP contribution >= 0.6 is 27.3 Å². The molecule has 17 heavy (non-hydrogen) atoms. The van der Waals surface area contributed by atoms with Crippen LogP contribution in [-0.2, 0) is 14.8 Å². The number of nitrogens with one attached hydrogen (secondary N) is 1. The van der Waals surface area contributed by atoms with E-state index in [0.717, 1.165) is 15.1 Å². The van der Waals surface area contributed by atoms with Crippen molar-refractivity contribution in [2.24, 2.45) is 0 Å². The zero-order valence-corrected chi connectivity index (χ0v) is 12.7. The molecule has 0 radical (unpaired) electrons. The van der Waals surface area contributed by atoms with Gasteiger partial charge in [-0.05, 0) is 35.0 Å².